The Morgan fingerprint density at radius 3 is 2.53 bits per heavy atom. The van der Waals surface area contributed by atoms with Crippen LogP contribution < -0.4 is 10.5 Å². The fourth-order valence-electron chi connectivity index (χ4n) is 2.73. The van der Waals surface area contributed by atoms with E-state index in [0.717, 1.165) is 36.8 Å². The van der Waals surface area contributed by atoms with Crippen molar-refractivity contribution < 1.29 is 8.42 Å². The highest BCUT2D eigenvalue weighted by Gasteiger charge is 2.32. The molecule has 1 saturated carbocycles. The molecule has 0 unspecified atom stereocenters. The topological polar surface area (TPSA) is 72.2 Å². The second-order valence-electron chi connectivity index (χ2n) is 5.65. The van der Waals surface area contributed by atoms with Gasteiger partial charge in [-0.25, -0.2) is 13.1 Å². The number of rotatable bonds is 5. The van der Waals surface area contributed by atoms with Crippen LogP contribution in [0.25, 0.3) is 0 Å². The number of nitrogens with two attached hydrogens (primary N) is 1. The summed E-state index contributed by atoms with van der Waals surface area (Å²) in [4.78, 5) is 0. The molecule has 4 nitrogen and oxygen atoms in total. The van der Waals surface area contributed by atoms with Crippen molar-refractivity contribution in [2.24, 2.45) is 5.73 Å². The maximum Gasteiger partial charge on any atom is 0.216 e. The van der Waals surface area contributed by atoms with Gasteiger partial charge in [-0.05, 0) is 30.9 Å². The average Bonchev–Trinajstić information content (AvgIpc) is 2.74. The molecule has 0 spiro atoms. The Labute approximate surface area is 115 Å². The molecule has 0 bridgehead atoms. The van der Waals surface area contributed by atoms with Crippen molar-refractivity contribution in [1.82, 2.24) is 4.72 Å². The fourth-order valence-corrected chi connectivity index (χ4v) is 4.38. The summed E-state index contributed by atoms with van der Waals surface area (Å²) >= 11 is 0. The minimum atomic E-state index is -3.29. The van der Waals surface area contributed by atoms with Gasteiger partial charge >= 0.3 is 0 Å². The van der Waals surface area contributed by atoms with Gasteiger partial charge in [-0.15, -0.1) is 0 Å². The smallest absolute Gasteiger partial charge is 0.216 e. The van der Waals surface area contributed by atoms with Gasteiger partial charge in [0.15, 0.2) is 0 Å². The molecule has 0 atom stereocenters. The molecule has 0 amide bonds. The van der Waals surface area contributed by atoms with Crippen molar-refractivity contribution in [3.05, 3.63) is 35.4 Å². The molecule has 0 saturated heterocycles. The molecule has 1 aliphatic rings. The van der Waals surface area contributed by atoms with Crippen molar-refractivity contribution in [2.75, 3.05) is 0 Å². The highest BCUT2D eigenvalue weighted by Crippen LogP contribution is 2.29. The van der Waals surface area contributed by atoms with E-state index in [4.69, 9.17) is 5.73 Å². The first-order valence-corrected chi connectivity index (χ1v) is 8.37. The van der Waals surface area contributed by atoms with E-state index in [9.17, 15) is 8.42 Å². The zero-order valence-electron chi connectivity index (χ0n) is 11.4. The first-order chi connectivity index (χ1) is 8.92. The molecule has 0 heterocycles. The monoisotopic (exact) mass is 282 g/mol. The van der Waals surface area contributed by atoms with Crippen molar-refractivity contribution in [3.8, 4) is 0 Å². The Morgan fingerprint density at radius 1 is 1.26 bits per heavy atom. The van der Waals surface area contributed by atoms with E-state index >= 15 is 0 Å². The van der Waals surface area contributed by atoms with Crippen LogP contribution >= 0.6 is 0 Å². The molecule has 0 radical (unpaired) electrons. The summed E-state index contributed by atoms with van der Waals surface area (Å²) in [6.45, 7) is 2.42. The lowest BCUT2D eigenvalue weighted by molar-refractivity contribution is 0.427. The summed E-state index contributed by atoms with van der Waals surface area (Å²) in [5.41, 5.74) is 7.06. The second kappa shape index (κ2) is 5.61. The quantitative estimate of drug-likeness (QED) is 0.866. The lowest BCUT2D eigenvalue weighted by Crippen LogP contribution is -2.44. The van der Waals surface area contributed by atoms with Crippen LogP contribution in [-0.2, 0) is 22.3 Å². The standard InChI is InChI=1S/C14H22N2O2S/c1-14(7-2-3-8-14)16-19(17,18)11-13-6-4-5-12(9-13)10-15/h4-6,9,16H,2-3,7-8,10-11,15H2,1H3. The summed E-state index contributed by atoms with van der Waals surface area (Å²) in [5, 5.41) is 0. The SMILES string of the molecule is CC1(NS(=O)(=O)Cc2cccc(CN)c2)CCCC1. The summed E-state index contributed by atoms with van der Waals surface area (Å²) in [6.07, 6.45) is 4.05. The minimum Gasteiger partial charge on any atom is -0.326 e. The van der Waals surface area contributed by atoms with Crippen molar-refractivity contribution >= 4 is 10.0 Å². The van der Waals surface area contributed by atoms with Gasteiger partial charge in [0, 0.05) is 12.1 Å². The maximum atomic E-state index is 12.2. The van der Waals surface area contributed by atoms with E-state index in [1.54, 1.807) is 0 Å². The molecule has 1 aliphatic carbocycles. The highest BCUT2D eigenvalue weighted by molar-refractivity contribution is 7.88. The van der Waals surface area contributed by atoms with E-state index in [0.29, 0.717) is 6.54 Å². The zero-order chi connectivity index (χ0) is 13.9. The average molecular weight is 282 g/mol. The van der Waals surface area contributed by atoms with Crippen LogP contribution in [0.5, 0.6) is 0 Å². The lowest BCUT2D eigenvalue weighted by atomic mass is 10.0. The van der Waals surface area contributed by atoms with E-state index in [2.05, 4.69) is 4.72 Å². The second-order valence-corrected chi connectivity index (χ2v) is 7.38. The lowest BCUT2D eigenvalue weighted by Gasteiger charge is -2.24. The molecule has 3 N–H and O–H groups in total. The van der Waals surface area contributed by atoms with Crippen LogP contribution in [0.4, 0.5) is 0 Å². The van der Waals surface area contributed by atoms with Crippen LogP contribution in [0.3, 0.4) is 0 Å². The third-order valence-corrected chi connectivity index (χ3v) is 5.21. The first-order valence-electron chi connectivity index (χ1n) is 6.72. The zero-order valence-corrected chi connectivity index (χ0v) is 12.2. The molecule has 5 heteroatoms. The molecule has 1 aromatic rings. The van der Waals surface area contributed by atoms with Crippen LogP contribution in [0.15, 0.2) is 24.3 Å². The first kappa shape index (κ1) is 14.5. The molecule has 0 aromatic heterocycles. The Hall–Kier alpha value is -0.910. The van der Waals surface area contributed by atoms with Gasteiger partial charge in [0.25, 0.3) is 0 Å². The summed E-state index contributed by atoms with van der Waals surface area (Å²) < 4.78 is 27.3. The number of sulfonamides is 1. The third-order valence-electron chi connectivity index (χ3n) is 3.69. The Kier molecular flexibility index (Phi) is 4.28. The molecule has 0 aliphatic heterocycles. The maximum absolute atomic E-state index is 12.2. The molecule has 1 fully saturated rings. The van der Waals surface area contributed by atoms with Crippen LogP contribution in [0, 0.1) is 0 Å². The Morgan fingerprint density at radius 2 is 1.89 bits per heavy atom. The molecule has 1 aromatic carbocycles. The van der Waals surface area contributed by atoms with Crippen molar-refractivity contribution in [1.29, 1.82) is 0 Å². The molecule has 2 rings (SSSR count). The Balaban J connectivity index is 2.08. The number of hydrogen-bond donors (Lipinski definition) is 2. The summed E-state index contributed by atoms with van der Waals surface area (Å²) in [7, 11) is -3.29. The molecular weight excluding hydrogens is 260 g/mol. The largest absolute Gasteiger partial charge is 0.326 e. The molecule has 19 heavy (non-hydrogen) atoms. The number of hydrogen-bond acceptors (Lipinski definition) is 3. The third kappa shape index (κ3) is 4.03. The number of nitrogens with one attached hydrogen (secondary N) is 1. The van der Waals surface area contributed by atoms with Crippen LogP contribution in [0.2, 0.25) is 0 Å². The van der Waals surface area contributed by atoms with Crippen LogP contribution in [-0.4, -0.2) is 14.0 Å². The normalized spacial score (nSPS) is 18.6. The molecular formula is C14H22N2O2S. The predicted molar refractivity (Wildman–Crippen MR) is 77.0 cm³/mol. The van der Waals surface area contributed by atoms with E-state index in [-0.39, 0.29) is 11.3 Å². The highest BCUT2D eigenvalue weighted by atomic mass is 32.2. The van der Waals surface area contributed by atoms with Gasteiger partial charge in [-0.2, -0.15) is 0 Å². The van der Waals surface area contributed by atoms with E-state index in [1.807, 2.05) is 31.2 Å². The summed E-state index contributed by atoms with van der Waals surface area (Å²) in [6, 6.07) is 7.44. The van der Waals surface area contributed by atoms with Crippen molar-refractivity contribution in [2.45, 2.75) is 50.4 Å². The van der Waals surface area contributed by atoms with Gasteiger partial charge in [-0.1, -0.05) is 37.1 Å². The van der Waals surface area contributed by atoms with E-state index < -0.39 is 10.0 Å². The van der Waals surface area contributed by atoms with Gasteiger partial charge in [0.05, 0.1) is 5.75 Å². The Bertz CT molecular complexity index is 534. The molecule has 106 valence electrons. The number of benzene rings is 1. The van der Waals surface area contributed by atoms with Crippen LogP contribution in [0.1, 0.15) is 43.7 Å². The predicted octanol–water partition coefficient (Wildman–Crippen LogP) is 1.90. The van der Waals surface area contributed by atoms with E-state index in [1.165, 1.54) is 0 Å². The summed E-state index contributed by atoms with van der Waals surface area (Å²) in [5.74, 6) is 0.0242. The van der Waals surface area contributed by atoms with Crippen molar-refractivity contribution in [3.63, 3.8) is 0 Å². The van der Waals surface area contributed by atoms with Gasteiger partial charge in [0.2, 0.25) is 10.0 Å². The minimum absolute atomic E-state index is 0.0242. The van der Waals surface area contributed by atoms with Gasteiger partial charge in [0.1, 0.15) is 0 Å². The van der Waals surface area contributed by atoms with Gasteiger partial charge < -0.3 is 5.73 Å². The fraction of sp³-hybridized carbons (Fsp3) is 0.571. The van der Waals surface area contributed by atoms with Gasteiger partial charge in [-0.3, -0.25) is 0 Å².